The molecule has 6 rings (SSSR count). The number of aromatic nitrogens is 4. The first-order valence-electron chi connectivity index (χ1n) is 12.2. The molecule has 9 heteroatoms. The molecule has 0 spiro atoms. The van der Waals surface area contributed by atoms with Gasteiger partial charge in [-0.3, -0.25) is 9.88 Å². The van der Waals surface area contributed by atoms with E-state index in [9.17, 15) is 0 Å². The Labute approximate surface area is 213 Å². The maximum Gasteiger partial charge on any atom is 0.159 e. The zero-order valence-electron chi connectivity index (χ0n) is 19.6. The van der Waals surface area contributed by atoms with E-state index in [-0.39, 0.29) is 0 Å². The summed E-state index contributed by atoms with van der Waals surface area (Å²) in [5, 5.41) is 3.41. The average molecular weight is 533 g/mol. The molecule has 4 aromatic rings. The largest absolute Gasteiger partial charge is 0.369 e. The molecular weight excluding hydrogens is 504 g/mol. The van der Waals surface area contributed by atoms with Crippen molar-refractivity contribution < 1.29 is 0 Å². The molecule has 2 saturated heterocycles. The maximum atomic E-state index is 5.01. The lowest BCUT2D eigenvalue weighted by Gasteiger charge is -2.36. The van der Waals surface area contributed by atoms with Crippen molar-refractivity contribution in [2.45, 2.75) is 6.54 Å². The molecule has 35 heavy (non-hydrogen) atoms. The van der Waals surface area contributed by atoms with Crippen molar-refractivity contribution in [3.05, 3.63) is 65.0 Å². The van der Waals surface area contributed by atoms with E-state index in [1.54, 1.807) is 0 Å². The van der Waals surface area contributed by atoms with Gasteiger partial charge in [-0.2, -0.15) is 0 Å². The molecule has 3 aromatic heterocycles. The Bertz CT molecular complexity index is 1280. The van der Waals surface area contributed by atoms with E-state index in [2.05, 4.69) is 81.2 Å². The molecule has 2 N–H and O–H groups in total. The fourth-order valence-corrected chi connectivity index (χ4v) is 5.53. The maximum absolute atomic E-state index is 5.01. The van der Waals surface area contributed by atoms with E-state index in [1.165, 1.54) is 11.3 Å². The molecular formula is C26H29BrN8. The Hall–Kier alpha value is -3.01. The molecule has 0 amide bonds. The summed E-state index contributed by atoms with van der Waals surface area (Å²) >= 11 is 3.75. The number of aromatic amines is 1. The molecule has 2 aliphatic rings. The summed E-state index contributed by atoms with van der Waals surface area (Å²) in [4.78, 5) is 24.7. The Morgan fingerprint density at radius 1 is 0.886 bits per heavy atom. The first-order chi connectivity index (χ1) is 17.2. The van der Waals surface area contributed by atoms with Crippen molar-refractivity contribution in [2.24, 2.45) is 0 Å². The minimum absolute atomic E-state index is 0.821. The van der Waals surface area contributed by atoms with Crippen LogP contribution in [0.1, 0.15) is 5.56 Å². The summed E-state index contributed by atoms with van der Waals surface area (Å²) in [6, 6.07) is 12.8. The topological polar surface area (TPSA) is 76.2 Å². The third-order valence-electron chi connectivity index (χ3n) is 6.88. The number of rotatable bonds is 5. The number of nitrogens with one attached hydrogen (secondary N) is 2. The molecule has 1 aromatic carbocycles. The van der Waals surface area contributed by atoms with Crippen molar-refractivity contribution in [2.75, 3.05) is 62.2 Å². The monoisotopic (exact) mass is 532 g/mol. The number of imidazole rings is 1. The molecule has 5 heterocycles. The summed E-state index contributed by atoms with van der Waals surface area (Å²) in [7, 11) is 0. The second-order valence-corrected chi connectivity index (χ2v) is 10.0. The van der Waals surface area contributed by atoms with Crippen LogP contribution in [-0.4, -0.2) is 77.2 Å². The molecule has 0 saturated carbocycles. The van der Waals surface area contributed by atoms with Crippen molar-refractivity contribution >= 4 is 38.5 Å². The van der Waals surface area contributed by atoms with E-state index in [0.29, 0.717) is 0 Å². The minimum atomic E-state index is 0.821. The Morgan fingerprint density at radius 3 is 2.43 bits per heavy atom. The van der Waals surface area contributed by atoms with Crippen LogP contribution in [0.5, 0.6) is 0 Å². The quantitative estimate of drug-likeness (QED) is 0.407. The average Bonchev–Trinajstić information content (AvgIpc) is 3.35. The van der Waals surface area contributed by atoms with Crippen LogP contribution in [-0.2, 0) is 6.54 Å². The smallest absolute Gasteiger partial charge is 0.159 e. The normalized spacial score (nSPS) is 17.3. The summed E-state index contributed by atoms with van der Waals surface area (Å²) in [5.41, 5.74) is 6.45. The van der Waals surface area contributed by atoms with E-state index >= 15 is 0 Å². The van der Waals surface area contributed by atoms with Gasteiger partial charge in [0.1, 0.15) is 11.3 Å². The molecule has 0 unspecified atom stereocenters. The van der Waals surface area contributed by atoms with Crippen molar-refractivity contribution in [3.8, 4) is 11.4 Å². The predicted molar refractivity (Wildman–Crippen MR) is 144 cm³/mol. The highest BCUT2D eigenvalue weighted by Crippen LogP contribution is 2.34. The lowest BCUT2D eigenvalue weighted by molar-refractivity contribution is 0.249. The summed E-state index contributed by atoms with van der Waals surface area (Å²) < 4.78 is 0.984. The number of piperazine rings is 2. The number of anilines is 2. The van der Waals surface area contributed by atoms with Gasteiger partial charge in [-0.05, 0) is 51.8 Å². The first kappa shape index (κ1) is 22.5. The van der Waals surface area contributed by atoms with E-state index in [1.807, 2.05) is 24.7 Å². The van der Waals surface area contributed by atoms with Crippen LogP contribution in [0.15, 0.2) is 59.5 Å². The molecule has 8 nitrogen and oxygen atoms in total. The zero-order chi connectivity index (χ0) is 23.6. The van der Waals surface area contributed by atoms with Crippen LogP contribution in [0, 0.1) is 0 Å². The standard InChI is InChI=1S/C26H29BrN8/c27-22-17-30-26-23(24(22)35-14-12-33(13-15-35)18-19-2-1-7-29-16-19)31-25(32-26)20-3-5-21(6-4-20)34-10-8-28-9-11-34/h1-7,16-17,28H,8-15,18H2,(H,30,31,32). The number of nitrogens with zero attached hydrogens (tertiary/aromatic N) is 6. The van der Waals surface area contributed by atoms with Crippen LogP contribution in [0.2, 0.25) is 0 Å². The van der Waals surface area contributed by atoms with Crippen molar-refractivity contribution in [1.29, 1.82) is 0 Å². The number of H-pyrrole nitrogens is 1. The lowest BCUT2D eigenvalue weighted by atomic mass is 10.1. The summed E-state index contributed by atoms with van der Waals surface area (Å²) in [6.45, 7) is 8.97. The molecule has 0 radical (unpaired) electrons. The van der Waals surface area contributed by atoms with Gasteiger partial charge in [0, 0.05) is 88.7 Å². The molecule has 180 valence electrons. The van der Waals surface area contributed by atoms with E-state index in [0.717, 1.165) is 91.6 Å². The van der Waals surface area contributed by atoms with Gasteiger partial charge in [0.2, 0.25) is 0 Å². The number of benzene rings is 1. The molecule has 0 aliphatic carbocycles. The predicted octanol–water partition coefficient (Wildman–Crippen LogP) is 3.51. The highest BCUT2D eigenvalue weighted by Gasteiger charge is 2.23. The number of hydrogen-bond acceptors (Lipinski definition) is 7. The van der Waals surface area contributed by atoms with Crippen LogP contribution >= 0.6 is 15.9 Å². The number of halogens is 1. The highest BCUT2D eigenvalue weighted by molar-refractivity contribution is 9.10. The van der Waals surface area contributed by atoms with Gasteiger partial charge >= 0.3 is 0 Å². The van der Waals surface area contributed by atoms with Gasteiger partial charge in [0.15, 0.2) is 5.65 Å². The third kappa shape index (κ3) is 4.76. The number of fused-ring (bicyclic) bond motifs is 1. The third-order valence-corrected chi connectivity index (χ3v) is 7.46. The number of hydrogen-bond donors (Lipinski definition) is 2. The molecule has 0 atom stereocenters. The zero-order valence-corrected chi connectivity index (χ0v) is 21.2. The molecule has 0 bridgehead atoms. The van der Waals surface area contributed by atoms with E-state index < -0.39 is 0 Å². The van der Waals surface area contributed by atoms with Gasteiger partial charge in [0.05, 0.1) is 10.2 Å². The van der Waals surface area contributed by atoms with Crippen LogP contribution in [0.25, 0.3) is 22.6 Å². The fraction of sp³-hybridized carbons (Fsp3) is 0.346. The number of pyridine rings is 2. The van der Waals surface area contributed by atoms with Crippen LogP contribution in [0.3, 0.4) is 0 Å². The van der Waals surface area contributed by atoms with Gasteiger partial charge in [-0.25, -0.2) is 9.97 Å². The van der Waals surface area contributed by atoms with Gasteiger partial charge in [0.25, 0.3) is 0 Å². The summed E-state index contributed by atoms with van der Waals surface area (Å²) in [5.74, 6) is 0.855. The summed E-state index contributed by atoms with van der Waals surface area (Å²) in [6.07, 6.45) is 5.67. The van der Waals surface area contributed by atoms with Crippen molar-refractivity contribution in [3.63, 3.8) is 0 Å². The molecule has 2 aliphatic heterocycles. The van der Waals surface area contributed by atoms with E-state index in [4.69, 9.17) is 4.98 Å². The Kier molecular flexibility index (Phi) is 6.37. The Balaban J connectivity index is 1.21. The SMILES string of the molecule is Brc1cnc2[nH]c(-c3ccc(N4CCNCC4)cc3)nc2c1N1CCN(Cc2cccnc2)CC1. The van der Waals surface area contributed by atoms with Gasteiger partial charge in [-0.1, -0.05) is 6.07 Å². The molecule has 2 fully saturated rings. The highest BCUT2D eigenvalue weighted by atomic mass is 79.9. The fourth-order valence-electron chi connectivity index (χ4n) is 4.99. The van der Waals surface area contributed by atoms with Gasteiger partial charge < -0.3 is 20.1 Å². The van der Waals surface area contributed by atoms with Crippen molar-refractivity contribution in [1.82, 2.24) is 30.2 Å². The van der Waals surface area contributed by atoms with Crippen LogP contribution < -0.4 is 15.1 Å². The second kappa shape index (κ2) is 9.93. The minimum Gasteiger partial charge on any atom is -0.369 e. The second-order valence-electron chi connectivity index (χ2n) is 9.15. The van der Waals surface area contributed by atoms with Gasteiger partial charge in [-0.15, -0.1) is 0 Å². The lowest BCUT2D eigenvalue weighted by Crippen LogP contribution is -2.46. The first-order valence-corrected chi connectivity index (χ1v) is 13.0. The van der Waals surface area contributed by atoms with Crippen LogP contribution in [0.4, 0.5) is 11.4 Å². The Morgan fingerprint density at radius 2 is 1.69 bits per heavy atom.